The van der Waals surface area contributed by atoms with Crippen LogP contribution in [0.5, 0.6) is 0 Å². The minimum atomic E-state index is -0.412. The second-order valence-corrected chi connectivity index (χ2v) is 9.02. The van der Waals surface area contributed by atoms with E-state index >= 15 is 0 Å². The topological polar surface area (TPSA) is 67.4 Å². The summed E-state index contributed by atoms with van der Waals surface area (Å²) < 4.78 is 6.48. The van der Waals surface area contributed by atoms with Crippen LogP contribution in [0.1, 0.15) is 63.9 Å². The molecule has 1 fully saturated rings. The van der Waals surface area contributed by atoms with Gasteiger partial charge in [0.25, 0.3) is 0 Å². The molecule has 3 rings (SSSR count). The minimum absolute atomic E-state index is 0.0361. The van der Waals surface area contributed by atoms with Gasteiger partial charge in [-0.3, -0.25) is 9.59 Å². The lowest BCUT2D eigenvalue weighted by molar-refractivity contribution is -0.131. The molecule has 2 N–H and O–H groups in total. The Morgan fingerprint density at radius 1 is 1.00 bits per heavy atom. The van der Waals surface area contributed by atoms with Gasteiger partial charge in [-0.25, -0.2) is 0 Å². The van der Waals surface area contributed by atoms with Crippen molar-refractivity contribution < 1.29 is 14.3 Å². The Kier molecular flexibility index (Phi) is 6.84. The van der Waals surface area contributed by atoms with E-state index in [4.69, 9.17) is 16.3 Å². The normalized spacial score (nSPS) is 23.8. The van der Waals surface area contributed by atoms with Crippen molar-refractivity contribution in [3.8, 4) is 0 Å². The Balaban J connectivity index is 1.88. The van der Waals surface area contributed by atoms with Gasteiger partial charge in [0, 0.05) is 41.9 Å². The summed E-state index contributed by atoms with van der Waals surface area (Å²) in [5.41, 5.74) is 2.37. The van der Waals surface area contributed by atoms with Crippen molar-refractivity contribution in [1.29, 1.82) is 0 Å². The SMILES string of the molecule is CC(=O)Nc1ccc([C@H]2C[C@@](C)(NC(=O)C(C)C)C[C@@H](c3ccc(Cl)cc3)O2)cc1. The number of rotatable bonds is 5. The molecule has 0 spiro atoms. The van der Waals surface area contributed by atoms with Crippen LogP contribution >= 0.6 is 11.6 Å². The molecule has 2 aromatic rings. The number of carbonyl (C=O) groups is 2. The van der Waals surface area contributed by atoms with E-state index in [2.05, 4.69) is 17.6 Å². The number of carbonyl (C=O) groups excluding carboxylic acids is 2. The molecule has 160 valence electrons. The van der Waals surface area contributed by atoms with Crippen LogP contribution in [-0.4, -0.2) is 17.4 Å². The molecule has 6 heteroatoms. The van der Waals surface area contributed by atoms with E-state index < -0.39 is 5.54 Å². The van der Waals surface area contributed by atoms with Gasteiger partial charge in [0.05, 0.1) is 12.2 Å². The molecule has 2 amide bonds. The van der Waals surface area contributed by atoms with Gasteiger partial charge < -0.3 is 15.4 Å². The maximum absolute atomic E-state index is 12.5. The van der Waals surface area contributed by atoms with Gasteiger partial charge in [-0.05, 0) is 42.3 Å². The molecule has 2 aromatic carbocycles. The van der Waals surface area contributed by atoms with Crippen molar-refractivity contribution in [1.82, 2.24) is 5.32 Å². The molecule has 0 radical (unpaired) electrons. The molecule has 1 heterocycles. The van der Waals surface area contributed by atoms with Crippen molar-refractivity contribution in [3.05, 3.63) is 64.7 Å². The molecule has 30 heavy (non-hydrogen) atoms. The lowest BCUT2D eigenvalue weighted by atomic mass is 9.81. The van der Waals surface area contributed by atoms with E-state index in [-0.39, 0.29) is 29.9 Å². The highest BCUT2D eigenvalue weighted by Gasteiger charge is 2.40. The second-order valence-electron chi connectivity index (χ2n) is 8.58. The van der Waals surface area contributed by atoms with Crippen molar-refractivity contribution >= 4 is 29.1 Å². The number of hydrogen-bond acceptors (Lipinski definition) is 3. The predicted molar refractivity (Wildman–Crippen MR) is 119 cm³/mol. The van der Waals surface area contributed by atoms with Crippen molar-refractivity contribution in [2.24, 2.45) is 5.92 Å². The number of ether oxygens (including phenoxy) is 1. The average molecular weight is 429 g/mol. The maximum Gasteiger partial charge on any atom is 0.222 e. The molecule has 0 bridgehead atoms. The molecular weight excluding hydrogens is 400 g/mol. The summed E-state index contributed by atoms with van der Waals surface area (Å²) in [6, 6.07) is 15.3. The van der Waals surface area contributed by atoms with Gasteiger partial charge in [0.1, 0.15) is 0 Å². The summed E-state index contributed by atoms with van der Waals surface area (Å²) >= 11 is 6.06. The molecular formula is C24H29ClN2O3. The number of nitrogens with one attached hydrogen (secondary N) is 2. The van der Waals surface area contributed by atoms with Crippen LogP contribution in [0.3, 0.4) is 0 Å². The maximum atomic E-state index is 12.5. The molecule has 5 nitrogen and oxygen atoms in total. The first kappa shape index (κ1) is 22.3. The Morgan fingerprint density at radius 3 is 1.97 bits per heavy atom. The van der Waals surface area contributed by atoms with Gasteiger partial charge in [-0.15, -0.1) is 0 Å². The number of anilines is 1. The van der Waals surface area contributed by atoms with Gasteiger partial charge in [-0.2, -0.15) is 0 Å². The second kappa shape index (κ2) is 9.19. The van der Waals surface area contributed by atoms with Crippen LogP contribution in [0.15, 0.2) is 48.5 Å². The number of halogens is 1. The Bertz CT molecular complexity index is 896. The van der Waals surface area contributed by atoms with E-state index in [9.17, 15) is 9.59 Å². The first-order chi connectivity index (χ1) is 14.1. The fourth-order valence-electron chi connectivity index (χ4n) is 3.79. The van der Waals surface area contributed by atoms with E-state index in [0.717, 1.165) is 16.8 Å². The lowest BCUT2D eigenvalue weighted by Crippen LogP contribution is -2.52. The summed E-state index contributed by atoms with van der Waals surface area (Å²) in [6.45, 7) is 7.36. The van der Waals surface area contributed by atoms with Crippen LogP contribution in [0.25, 0.3) is 0 Å². The molecule has 1 aliphatic rings. The van der Waals surface area contributed by atoms with Gasteiger partial charge in [0.15, 0.2) is 0 Å². The van der Waals surface area contributed by atoms with Crippen molar-refractivity contribution in [2.45, 2.75) is 58.3 Å². The Hall–Kier alpha value is -2.37. The molecule has 0 saturated carbocycles. The molecule has 0 unspecified atom stereocenters. The fourth-order valence-corrected chi connectivity index (χ4v) is 3.92. The van der Waals surface area contributed by atoms with Gasteiger partial charge >= 0.3 is 0 Å². The summed E-state index contributed by atoms with van der Waals surface area (Å²) in [5.74, 6) is -0.161. The molecule has 0 aromatic heterocycles. The molecule has 3 atom stereocenters. The molecule has 1 aliphatic heterocycles. The lowest BCUT2D eigenvalue weighted by Gasteiger charge is -2.43. The zero-order valence-corrected chi connectivity index (χ0v) is 18.6. The Labute approximate surface area is 183 Å². The van der Waals surface area contributed by atoms with E-state index in [1.165, 1.54) is 6.92 Å². The highest BCUT2D eigenvalue weighted by molar-refractivity contribution is 6.30. The predicted octanol–water partition coefficient (Wildman–Crippen LogP) is 5.42. The minimum Gasteiger partial charge on any atom is -0.365 e. The first-order valence-electron chi connectivity index (χ1n) is 10.3. The third kappa shape index (κ3) is 5.61. The monoisotopic (exact) mass is 428 g/mol. The van der Waals surface area contributed by atoms with E-state index in [1.807, 2.05) is 62.4 Å². The van der Waals surface area contributed by atoms with Crippen LogP contribution < -0.4 is 10.6 Å². The van der Waals surface area contributed by atoms with Crippen molar-refractivity contribution in [3.63, 3.8) is 0 Å². The highest BCUT2D eigenvalue weighted by Crippen LogP contribution is 2.44. The quantitative estimate of drug-likeness (QED) is 0.667. The number of amides is 2. The smallest absolute Gasteiger partial charge is 0.222 e. The summed E-state index contributed by atoms with van der Waals surface area (Å²) in [7, 11) is 0. The zero-order chi connectivity index (χ0) is 21.9. The molecule has 0 aliphatic carbocycles. The average Bonchev–Trinajstić information content (AvgIpc) is 2.67. The zero-order valence-electron chi connectivity index (χ0n) is 17.9. The van der Waals surface area contributed by atoms with Crippen LogP contribution in [0, 0.1) is 5.92 Å². The van der Waals surface area contributed by atoms with E-state index in [1.54, 1.807) is 0 Å². The van der Waals surface area contributed by atoms with E-state index in [0.29, 0.717) is 17.9 Å². The van der Waals surface area contributed by atoms with Crippen molar-refractivity contribution in [2.75, 3.05) is 5.32 Å². The molecule has 1 saturated heterocycles. The largest absolute Gasteiger partial charge is 0.365 e. The first-order valence-corrected chi connectivity index (χ1v) is 10.6. The summed E-state index contributed by atoms with van der Waals surface area (Å²) in [5, 5.41) is 6.70. The summed E-state index contributed by atoms with van der Waals surface area (Å²) in [6.07, 6.45) is 0.972. The van der Waals surface area contributed by atoms with Gasteiger partial charge in [0.2, 0.25) is 11.8 Å². The van der Waals surface area contributed by atoms with Crippen LogP contribution in [0.4, 0.5) is 5.69 Å². The van der Waals surface area contributed by atoms with Gasteiger partial charge in [-0.1, -0.05) is 49.7 Å². The van der Waals surface area contributed by atoms with Crippen LogP contribution in [-0.2, 0) is 14.3 Å². The number of benzene rings is 2. The Morgan fingerprint density at radius 2 is 1.50 bits per heavy atom. The third-order valence-corrected chi connectivity index (χ3v) is 5.65. The highest BCUT2D eigenvalue weighted by atomic mass is 35.5. The summed E-state index contributed by atoms with van der Waals surface area (Å²) in [4.78, 5) is 23.8. The third-order valence-electron chi connectivity index (χ3n) is 5.39. The number of hydrogen-bond donors (Lipinski definition) is 2. The standard InChI is InChI=1S/C24H29ClN2O3/c1-15(2)23(29)27-24(4)13-21(17-5-9-19(25)10-6-17)30-22(14-24)18-7-11-20(12-8-18)26-16(3)28/h5-12,15,21-22H,13-14H2,1-4H3,(H,26,28)(H,27,29)/t21-,22+,24-/m0/s1. The van der Waals surface area contributed by atoms with Crippen LogP contribution in [0.2, 0.25) is 5.02 Å². The fraction of sp³-hybridized carbons (Fsp3) is 0.417.